The van der Waals surface area contributed by atoms with Crippen molar-refractivity contribution in [3.05, 3.63) is 45.4 Å². The number of aliphatic hydroxyl groups is 1. The molecule has 1 atom stereocenters. The maximum atomic E-state index is 10.8. The summed E-state index contributed by atoms with van der Waals surface area (Å²) in [6, 6.07) is 3.38. The van der Waals surface area contributed by atoms with Gasteiger partial charge in [0.2, 0.25) is 6.20 Å². The van der Waals surface area contributed by atoms with E-state index < -0.39 is 16.2 Å². The molecule has 3 N–H and O–H groups in total. The zero-order valence-electron chi connectivity index (χ0n) is 12.9. The van der Waals surface area contributed by atoms with Gasteiger partial charge in [0, 0.05) is 0 Å². The quantitative estimate of drug-likeness (QED) is 0.485. The Morgan fingerprint density at radius 3 is 2.05 bits per heavy atom. The second-order valence-corrected chi connectivity index (χ2v) is 7.25. The molecule has 122 valence electrons. The van der Waals surface area contributed by atoms with Gasteiger partial charge in [-0.3, -0.25) is 0 Å². The molecule has 0 aliphatic rings. The van der Waals surface area contributed by atoms with Gasteiger partial charge in [-0.15, -0.1) is 0 Å². The lowest BCUT2D eigenvalue weighted by Gasteiger charge is -2.14. The van der Waals surface area contributed by atoms with Crippen LogP contribution in [0.2, 0.25) is 0 Å². The first-order chi connectivity index (χ1) is 10.0. The number of thiazole rings is 1. The first-order valence-electron chi connectivity index (χ1n) is 6.50. The predicted molar refractivity (Wildman–Crippen MR) is 83.9 cm³/mol. The molecule has 0 aliphatic heterocycles. The van der Waals surface area contributed by atoms with Crippen LogP contribution in [0.5, 0.6) is 0 Å². The molecule has 0 spiro atoms. The summed E-state index contributed by atoms with van der Waals surface area (Å²) in [5.74, 6) is 5.41. The van der Waals surface area contributed by atoms with Crippen LogP contribution in [-0.4, -0.2) is 18.1 Å². The zero-order valence-corrected chi connectivity index (χ0v) is 14.5. The zero-order chi connectivity index (χ0) is 17.1. The second kappa shape index (κ2) is 7.19. The van der Waals surface area contributed by atoms with E-state index in [-0.39, 0.29) is 4.90 Å². The van der Waals surface area contributed by atoms with Gasteiger partial charge in [0.05, 0.1) is 10.3 Å². The van der Waals surface area contributed by atoms with E-state index in [0.29, 0.717) is 11.1 Å². The highest BCUT2D eigenvalue weighted by Gasteiger charge is 2.14. The molecule has 1 heterocycles. The van der Waals surface area contributed by atoms with E-state index in [1.807, 2.05) is 12.3 Å². The lowest BCUT2D eigenvalue weighted by molar-refractivity contribution is -0.645. The molecule has 2 rings (SSSR count). The molecular weight excluding hydrogens is 324 g/mol. The molecule has 0 aliphatic carbocycles. The number of nitrogen functional groups attached to an aromatic ring is 1. The van der Waals surface area contributed by atoms with Gasteiger partial charge in [0.15, 0.2) is 0 Å². The number of benzene rings is 1. The second-order valence-electron chi connectivity index (χ2n) is 5.01. The van der Waals surface area contributed by atoms with Crippen LogP contribution in [-0.2, 0) is 10.1 Å². The van der Waals surface area contributed by atoms with Gasteiger partial charge in [-0.1, -0.05) is 33.7 Å². The fourth-order valence-electron chi connectivity index (χ4n) is 2.18. The number of hydrogen-bond acceptors (Lipinski definition) is 6. The average molecular weight is 344 g/mol. The minimum absolute atomic E-state index is 0.0851. The number of aromatic nitrogens is 1. The van der Waals surface area contributed by atoms with Crippen LogP contribution >= 0.6 is 11.3 Å². The van der Waals surface area contributed by atoms with Gasteiger partial charge >= 0.3 is 0 Å². The van der Waals surface area contributed by atoms with Gasteiger partial charge in [0.1, 0.15) is 16.2 Å². The summed E-state index contributed by atoms with van der Waals surface area (Å²) in [4.78, 5) is -0.0851. The highest BCUT2D eigenvalue weighted by Crippen LogP contribution is 2.20. The number of aliphatic hydroxyl groups excluding tert-OH is 1. The van der Waals surface area contributed by atoms with E-state index in [4.69, 9.17) is 10.9 Å². The average Bonchev–Trinajstić information content (AvgIpc) is 2.72. The first kappa shape index (κ1) is 18.6. The van der Waals surface area contributed by atoms with Crippen LogP contribution in [0, 0.1) is 20.8 Å². The van der Waals surface area contributed by atoms with Crippen molar-refractivity contribution in [2.45, 2.75) is 38.7 Å². The summed E-state index contributed by atoms with van der Waals surface area (Å²) in [5.41, 5.74) is 2.00. The lowest BCUT2D eigenvalue weighted by atomic mass is 10.1. The predicted octanol–water partition coefficient (Wildman–Crippen LogP) is 1.32. The SMILES string of the molecule is CC(O)c1scc[n+]1N.Cc1cc(C)c(S(=O)(=O)[O-])c(C)c1. The Balaban J connectivity index is 0.000000235. The van der Waals surface area contributed by atoms with Gasteiger partial charge in [-0.25, -0.2) is 14.3 Å². The Morgan fingerprint density at radius 1 is 1.27 bits per heavy atom. The van der Waals surface area contributed by atoms with Gasteiger partial charge in [0.25, 0.3) is 5.01 Å². The number of nitrogens with zero attached hydrogens (tertiary/aromatic N) is 1. The molecule has 0 fully saturated rings. The molecule has 0 saturated carbocycles. The minimum Gasteiger partial charge on any atom is -0.744 e. The smallest absolute Gasteiger partial charge is 0.294 e. The van der Waals surface area contributed by atoms with Gasteiger partial charge in [-0.2, -0.15) is 0 Å². The van der Waals surface area contributed by atoms with Crippen molar-refractivity contribution >= 4 is 21.5 Å². The molecule has 1 aromatic carbocycles. The van der Waals surface area contributed by atoms with Crippen molar-refractivity contribution < 1.29 is 22.8 Å². The Labute approximate surface area is 134 Å². The Kier molecular flexibility index (Phi) is 6.07. The van der Waals surface area contributed by atoms with Crippen molar-refractivity contribution in [3.8, 4) is 0 Å². The number of hydrogen-bond donors (Lipinski definition) is 2. The third kappa shape index (κ3) is 4.77. The summed E-state index contributed by atoms with van der Waals surface area (Å²) >= 11 is 1.45. The van der Waals surface area contributed by atoms with E-state index in [9.17, 15) is 13.0 Å². The van der Waals surface area contributed by atoms with E-state index in [2.05, 4.69) is 0 Å². The van der Waals surface area contributed by atoms with Crippen LogP contribution in [0.25, 0.3) is 0 Å². The fourth-order valence-corrected chi connectivity index (χ4v) is 3.79. The van der Waals surface area contributed by atoms with Gasteiger partial charge < -0.3 is 9.66 Å². The fraction of sp³-hybridized carbons (Fsp3) is 0.357. The number of rotatable bonds is 2. The molecule has 0 radical (unpaired) electrons. The highest BCUT2D eigenvalue weighted by molar-refractivity contribution is 7.85. The van der Waals surface area contributed by atoms with Crippen LogP contribution in [0.4, 0.5) is 0 Å². The molecule has 0 bridgehead atoms. The molecule has 6 nitrogen and oxygen atoms in total. The standard InChI is InChI=1S/C9H12O3S.C5H9N2OS/c1-6-4-7(2)9(8(3)5-6)13(10,11)12;1-4(8)5-7(6)2-3-9-5/h4-5H,1-3H3,(H,10,11,12);2-4,8H,6H2,1H3/q;+1/p-1. The van der Waals surface area contributed by atoms with Crippen molar-refractivity contribution in [2.75, 3.05) is 5.84 Å². The monoisotopic (exact) mass is 344 g/mol. The lowest BCUT2D eigenvalue weighted by Crippen LogP contribution is -2.46. The largest absolute Gasteiger partial charge is 0.744 e. The van der Waals surface area contributed by atoms with Crippen LogP contribution in [0.3, 0.4) is 0 Å². The summed E-state index contributed by atoms with van der Waals surface area (Å²) in [7, 11) is -4.33. The summed E-state index contributed by atoms with van der Waals surface area (Å²) in [6.07, 6.45) is 1.25. The van der Waals surface area contributed by atoms with E-state index in [1.54, 1.807) is 39.1 Å². The molecule has 0 saturated heterocycles. The summed E-state index contributed by atoms with van der Waals surface area (Å²) in [6.45, 7) is 6.81. The van der Waals surface area contributed by atoms with Crippen molar-refractivity contribution in [2.24, 2.45) is 0 Å². The molecular formula is C14H20N2O4S2. The molecule has 0 amide bonds. The van der Waals surface area contributed by atoms with Gasteiger partial charge in [-0.05, 0) is 38.8 Å². The maximum Gasteiger partial charge on any atom is 0.294 e. The molecule has 22 heavy (non-hydrogen) atoms. The topological polar surface area (TPSA) is 107 Å². The number of nitrogens with two attached hydrogens (primary N) is 1. The van der Waals surface area contributed by atoms with Crippen LogP contribution in [0.1, 0.15) is 34.7 Å². The first-order valence-corrected chi connectivity index (χ1v) is 8.78. The Hall–Kier alpha value is -1.48. The minimum atomic E-state index is -4.33. The van der Waals surface area contributed by atoms with Crippen molar-refractivity contribution in [3.63, 3.8) is 0 Å². The maximum absolute atomic E-state index is 10.8. The van der Waals surface area contributed by atoms with E-state index in [0.717, 1.165) is 10.6 Å². The number of aryl methyl sites for hydroxylation is 3. The third-order valence-electron chi connectivity index (χ3n) is 2.88. The molecule has 1 aromatic heterocycles. The Morgan fingerprint density at radius 2 is 1.77 bits per heavy atom. The summed E-state index contributed by atoms with van der Waals surface area (Å²) in [5, 5.41) is 11.6. The Bertz CT molecular complexity index is 729. The molecule has 8 heteroatoms. The van der Waals surface area contributed by atoms with Crippen molar-refractivity contribution in [1.82, 2.24) is 0 Å². The summed E-state index contributed by atoms with van der Waals surface area (Å²) < 4.78 is 33.9. The van der Waals surface area contributed by atoms with E-state index >= 15 is 0 Å². The molecule has 2 aromatic rings. The third-order valence-corrected chi connectivity index (χ3v) is 5.07. The van der Waals surface area contributed by atoms with Crippen LogP contribution < -0.4 is 10.5 Å². The van der Waals surface area contributed by atoms with Crippen molar-refractivity contribution in [1.29, 1.82) is 0 Å². The normalized spacial score (nSPS) is 12.5. The van der Waals surface area contributed by atoms with E-state index in [1.165, 1.54) is 16.0 Å². The van der Waals surface area contributed by atoms with Crippen LogP contribution in [0.15, 0.2) is 28.6 Å². The highest BCUT2D eigenvalue weighted by atomic mass is 32.2. The molecule has 1 unspecified atom stereocenters.